The minimum absolute atomic E-state index is 0.275. The van der Waals surface area contributed by atoms with Gasteiger partial charge in [-0.3, -0.25) is 0 Å². The highest BCUT2D eigenvalue weighted by Gasteiger charge is 2.31. The van der Waals surface area contributed by atoms with Crippen LogP contribution in [-0.4, -0.2) is 24.6 Å². The molecular weight excluding hydrogens is 224 g/mol. The number of nitrogens with one attached hydrogen (secondary N) is 1. The number of anilines is 1. The molecule has 1 aromatic heterocycles. The van der Waals surface area contributed by atoms with E-state index in [1.165, 1.54) is 18.4 Å². The fourth-order valence-electron chi connectivity index (χ4n) is 2.16. The van der Waals surface area contributed by atoms with Crippen molar-refractivity contribution in [3.8, 4) is 6.07 Å². The molecule has 18 heavy (non-hydrogen) atoms. The van der Waals surface area contributed by atoms with Gasteiger partial charge in [-0.05, 0) is 32.9 Å². The molecule has 0 amide bonds. The third kappa shape index (κ3) is 2.80. The van der Waals surface area contributed by atoms with Gasteiger partial charge in [0.2, 0.25) is 0 Å². The normalized spacial score (nSPS) is 16.1. The summed E-state index contributed by atoms with van der Waals surface area (Å²) in [6, 6.07) is 7.17. The lowest BCUT2D eigenvalue weighted by Crippen LogP contribution is -2.30. The van der Waals surface area contributed by atoms with E-state index in [-0.39, 0.29) is 6.04 Å². The maximum atomic E-state index is 8.78. The molecular formula is C14H20N4. The highest BCUT2D eigenvalue weighted by atomic mass is 15.2. The lowest BCUT2D eigenvalue weighted by Gasteiger charge is -2.26. The number of pyridine rings is 1. The second kappa shape index (κ2) is 5.83. The van der Waals surface area contributed by atoms with Crippen LogP contribution in [0.25, 0.3) is 0 Å². The zero-order chi connectivity index (χ0) is 13.0. The quantitative estimate of drug-likeness (QED) is 0.834. The first-order valence-corrected chi connectivity index (χ1v) is 6.53. The van der Waals surface area contributed by atoms with Crippen molar-refractivity contribution in [1.29, 1.82) is 5.26 Å². The van der Waals surface area contributed by atoms with Crippen molar-refractivity contribution in [3.63, 3.8) is 0 Å². The molecule has 1 fully saturated rings. The molecule has 4 heteroatoms. The van der Waals surface area contributed by atoms with Gasteiger partial charge in [0.15, 0.2) is 0 Å². The number of nitrogens with zero attached hydrogens (tertiary/aromatic N) is 3. The van der Waals surface area contributed by atoms with Crippen LogP contribution in [0.3, 0.4) is 0 Å². The first-order chi connectivity index (χ1) is 8.77. The zero-order valence-electron chi connectivity index (χ0n) is 11.1. The van der Waals surface area contributed by atoms with Crippen molar-refractivity contribution in [2.75, 3.05) is 18.5 Å². The standard InChI is InChI=1S/C14H20N4/c1-11(16-2)13-5-3-9-17-14(13)18(10-4-8-15)12-6-7-12/h3,5,9,11-12,16H,4,6-7,10H2,1-2H3. The molecule has 1 heterocycles. The Balaban J connectivity index is 2.26. The van der Waals surface area contributed by atoms with Crippen molar-refractivity contribution < 1.29 is 0 Å². The predicted molar refractivity (Wildman–Crippen MR) is 72.3 cm³/mol. The minimum atomic E-state index is 0.275. The second-order valence-corrected chi connectivity index (χ2v) is 4.76. The number of rotatable bonds is 6. The summed E-state index contributed by atoms with van der Waals surface area (Å²) in [4.78, 5) is 6.84. The van der Waals surface area contributed by atoms with Crippen LogP contribution in [0.1, 0.15) is 37.8 Å². The van der Waals surface area contributed by atoms with Gasteiger partial charge in [-0.1, -0.05) is 6.07 Å². The minimum Gasteiger partial charge on any atom is -0.352 e. The van der Waals surface area contributed by atoms with Gasteiger partial charge >= 0.3 is 0 Å². The number of hydrogen-bond donors (Lipinski definition) is 1. The van der Waals surface area contributed by atoms with Crippen LogP contribution in [0.4, 0.5) is 5.82 Å². The third-order valence-electron chi connectivity index (χ3n) is 3.44. The van der Waals surface area contributed by atoms with Crippen LogP contribution in [0.5, 0.6) is 0 Å². The highest BCUT2D eigenvalue weighted by molar-refractivity contribution is 5.50. The Labute approximate surface area is 109 Å². The van der Waals surface area contributed by atoms with E-state index < -0.39 is 0 Å². The number of hydrogen-bond acceptors (Lipinski definition) is 4. The summed E-state index contributed by atoms with van der Waals surface area (Å²) in [6.07, 6.45) is 4.83. The summed E-state index contributed by atoms with van der Waals surface area (Å²) in [5.41, 5.74) is 1.21. The van der Waals surface area contributed by atoms with E-state index in [1.54, 1.807) is 0 Å². The summed E-state index contributed by atoms with van der Waals surface area (Å²) in [6.45, 7) is 2.91. The zero-order valence-corrected chi connectivity index (χ0v) is 11.1. The van der Waals surface area contributed by atoms with E-state index in [1.807, 2.05) is 19.3 Å². The van der Waals surface area contributed by atoms with E-state index in [0.717, 1.165) is 12.4 Å². The van der Waals surface area contributed by atoms with Crippen molar-refractivity contribution in [1.82, 2.24) is 10.3 Å². The van der Waals surface area contributed by atoms with Crippen LogP contribution >= 0.6 is 0 Å². The van der Waals surface area contributed by atoms with Gasteiger partial charge < -0.3 is 10.2 Å². The fourth-order valence-corrected chi connectivity index (χ4v) is 2.16. The van der Waals surface area contributed by atoms with Gasteiger partial charge in [-0.2, -0.15) is 5.26 Å². The summed E-state index contributed by atoms with van der Waals surface area (Å²) in [7, 11) is 1.96. The molecule has 0 radical (unpaired) electrons. The highest BCUT2D eigenvalue weighted by Crippen LogP contribution is 2.34. The predicted octanol–water partition coefficient (Wildman–Crippen LogP) is 2.24. The topological polar surface area (TPSA) is 52.0 Å². The first-order valence-electron chi connectivity index (χ1n) is 6.53. The van der Waals surface area contributed by atoms with Gasteiger partial charge in [-0.25, -0.2) is 4.98 Å². The molecule has 0 saturated heterocycles. The molecule has 0 bridgehead atoms. The largest absolute Gasteiger partial charge is 0.352 e. The van der Waals surface area contributed by atoms with Crippen molar-refractivity contribution in [3.05, 3.63) is 23.9 Å². The van der Waals surface area contributed by atoms with Crippen molar-refractivity contribution in [2.45, 2.75) is 38.3 Å². The van der Waals surface area contributed by atoms with Gasteiger partial charge in [0.05, 0.1) is 12.5 Å². The van der Waals surface area contributed by atoms with E-state index >= 15 is 0 Å². The van der Waals surface area contributed by atoms with Crippen molar-refractivity contribution in [2.24, 2.45) is 0 Å². The molecule has 2 rings (SSSR count). The fraction of sp³-hybridized carbons (Fsp3) is 0.571. The molecule has 0 aromatic carbocycles. The molecule has 1 N–H and O–H groups in total. The average Bonchev–Trinajstić information content (AvgIpc) is 3.23. The van der Waals surface area contributed by atoms with Gasteiger partial charge in [0.25, 0.3) is 0 Å². The molecule has 96 valence electrons. The lowest BCUT2D eigenvalue weighted by atomic mass is 10.1. The molecule has 1 atom stereocenters. The molecule has 4 nitrogen and oxygen atoms in total. The summed E-state index contributed by atoms with van der Waals surface area (Å²) < 4.78 is 0. The molecule has 0 spiro atoms. The van der Waals surface area contributed by atoms with E-state index in [0.29, 0.717) is 12.5 Å². The Morgan fingerprint density at radius 1 is 1.61 bits per heavy atom. The Kier molecular flexibility index (Phi) is 4.16. The summed E-state index contributed by atoms with van der Waals surface area (Å²) in [5, 5.41) is 12.0. The molecule has 1 aliphatic rings. The Morgan fingerprint density at radius 3 is 3.00 bits per heavy atom. The molecule has 1 saturated carbocycles. The van der Waals surface area contributed by atoms with Crippen LogP contribution < -0.4 is 10.2 Å². The van der Waals surface area contributed by atoms with E-state index in [2.05, 4.69) is 34.3 Å². The third-order valence-corrected chi connectivity index (χ3v) is 3.44. The van der Waals surface area contributed by atoms with Crippen molar-refractivity contribution >= 4 is 5.82 Å². The van der Waals surface area contributed by atoms with Gasteiger partial charge in [-0.15, -0.1) is 0 Å². The van der Waals surface area contributed by atoms with Crippen LogP contribution in [0.2, 0.25) is 0 Å². The molecule has 1 aliphatic carbocycles. The maximum absolute atomic E-state index is 8.78. The van der Waals surface area contributed by atoms with Crippen LogP contribution in [-0.2, 0) is 0 Å². The first kappa shape index (κ1) is 12.8. The smallest absolute Gasteiger partial charge is 0.133 e. The van der Waals surface area contributed by atoms with Crippen LogP contribution in [0.15, 0.2) is 18.3 Å². The summed E-state index contributed by atoms with van der Waals surface area (Å²) >= 11 is 0. The van der Waals surface area contributed by atoms with Gasteiger partial charge in [0, 0.05) is 30.4 Å². The summed E-state index contributed by atoms with van der Waals surface area (Å²) in [5.74, 6) is 1.04. The molecule has 0 aliphatic heterocycles. The van der Waals surface area contributed by atoms with Crippen LogP contribution in [0, 0.1) is 11.3 Å². The monoisotopic (exact) mass is 244 g/mol. The molecule has 1 aromatic rings. The Morgan fingerprint density at radius 2 is 2.39 bits per heavy atom. The van der Waals surface area contributed by atoms with E-state index in [4.69, 9.17) is 5.26 Å². The SMILES string of the molecule is CNC(C)c1cccnc1N(CCC#N)C1CC1. The Hall–Kier alpha value is -1.60. The second-order valence-electron chi connectivity index (χ2n) is 4.76. The number of nitriles is 1. The van der Waals surface area contributed by atoms with Gasteiger partial charge in [0.1, 0.15) is 5.82 Å². The number of aromatic nitrogens is 1. The Bertz CT molecular complexity index is 434. The lowest BCUT2D eigenvalue weighted by molar-refractivity contribution is 0.641. The molecule has 1 unspecified atom stereocenters. The average molecular weight is 244 g/mol. The van der Waals surface area contributed by atoms with E-state index in [9.17, 15) is 0 Å². The maximum Gasteiger partial charge on any atom is 0.133 e.